The van der Waals surface area contributed by atoms with Gasteiger partial charge in [0.2, 0.25) is 0 Å². The molecule has 0 saturated carbocycles. The minimum atomic E-state index is 0.150. The predicted molar refractivity (Wildman–Crippen MR) is 85.9 cm³/mol. The number of carbonyl (C=O) groups excluding carboxylic acids is 1. The summed E-state index contributed by atoms with van der Waals surface area (Å²) in [6.45, 7) is 4.14. The van der Waals surface area contributed by atoms with Gasteiger partial charge in [0.15, 0.2) is 5.78 Å². The van der Waals surface area contributed by atoms with Crippen LogP contribution in [0.4, 0.5) is 5.69 Å². The van der Waals surface area contributed by atoms with Gasteiger partial charge in [-0.3, -0.25) is 4.79 Å². The minimum absolute atomic E-state index is 0.150. The standard InChI is InChI=1S/C18H20N2O/c1-13-2-4-14(5-3-13)11-19-12-18(21)16-6-7-17-15(10-16)8-9-20-17/h2-7,10,19-20H,8-9,11-12H2,1H3. The Morgan fingerprint density at radius 3 is 2.81 bits per heavy atom. The molecular weight excluding hydrogens is 260 g/mol. The van der Waals surface area contributed by atoms with E-state index < -0.39 is 0 Å². The smallest absolute Gasteiger partial charge is 0.176 e. The number of nitrogens with one attached hydrogen (secondary N) is 2. The van der Waals surface area contributed by atoms with E-state index in [-0.39, 0.29) is 5.78 Å². The van der Waals surface area contributed by atoms with Crippen LogP contribution in [0.1, 0.15) is 27.0 Å². The van der Waals surface area contributed by atoms with Gasteiger partial charge in [0, 0.05) is 24.3 Å². The first-order chi connectivity index (χ1) is 10.2. The molecular formula is C18H20N2O. The molecule has 1 aliphatic rings. The number of anilines is 1. The second-order valence-electron chi connectivity index (χ2n) is 5.56. The molecule has 2 N–H and O–H groups in total. The summed E-state index contributed by atoms with van der Waals surface area (Å²) < 4.78 is 0. The summed E-state index contributed by atoms with van der Waals surface area (Å²) in [5, 5.41) is 6.53. The fourth-order valence-electron chi connectivity index (χ4n) is 2.61. The molecule has 2 aromatic carbocycles. The normalized spacial score (nSPS) is 12.8. The summed E-state index contributed by atoms with van der Waals surface area (Å²) in [5.41, 5.74) is 5.67. The SMILES string of the molecule is Cc1ccc(CNCC(=O)c2ccc3c(c2)CCN3)cc1. The fraction of sp³-hybridized carbons (Fsp3) is 0.278. The zero-order valence-corrected chi connectivity index (χ0v) is 12.3. The molecule has 3 rings (SSSR count). The van der Waals surface area contributed by atoms with E-state index >= 15 is 0 Å². The summed E-state index contributed by atoms with van der Waals surface area (Å²) in [6, 6.07) is 14.3. The van der Waals surface area contributed by atoms with Gasteiger partial charge in [0.05, 0.1) is 6.54 Å². The number of rotatable bonds is 5. The van der Waals surface area contributed by atoms with Crippen molar-refractivity contribution in [1.29, 1.82) is 0 Å². The molecule has 0 saturated heterocycles. The van der Waals surface area contributed by atoms with Crippen LogP contribution >= 0.6 is 0 Å². The summed E-state index contributed by atoms with van der Waals surface area (Å²) in [6.07, 6.45) is 1.01. The number of hydrogen-bond donors (Lipinski definition) is 2. The quantitative estimate of drug-likeness (QED) is 0.827. The van der Waals surface area contributed by atoms with E-state index in [9.17, 15) is 4.79 Å². The zero-order chi connectivity index (χ0) is 14.7. The molecule has 0 fully saturated rings. The number of benzene rings is 2. The van der Waals surface area contributed by atoms with Crippen LogP contribution in [-0.2, 0) is 13.0 Å². The molecule has 0 aliphatic carbocycles. The van der Waals surface area contributed by atoms with Crippen molar-refractivity contribution in [2.75, 3.05) is 18.4 Å². The van der Waals surface area contributed by atoms with E-state index in [1.807, 2.05) is 18.2 Å². The van der Waals surface area contributed by atoms with Crippen LogP contribution in [0.15, 0.2) is 42.5 Å². The Labute approximate surface area is 125 Å². The van der Waals surface area contributed by atoms with E-state index in [4.69, 9.17) is 0 Å². The molecule has 108 valence electrons. The highest BCUT2D eigenvalue weighted by Crippen LogP contribution is 2.23. The lowest BCUT2D eigenvalue weighted by Gasteiger charge is -2.06. The summed E-state index contributed by atoms with van der Waals surface area (Å²) >= 11 is 0. The number of hydrogen-bond acceptors (Lipinski definition) is 3. The van der Waals surface area contributed by atoms with E-state index in [0.29, 0.717) is 6.54 Å². The molecule has 1 aliphatic heterocycles. The highest BCUT2D eigenvalue weighted by molar-refractivity contribution is 5.98. The fourth-order valence-corrected chi connectivity index (χ4v) is 2.61. The maximum Gasteiger partial charge on any atom is 0.176 e. The first-order valence-electron chi connectivity index (χ1n) is 7.38. The number of Topliss-reactive ketones (excluding diaryl/α,β-unsaturated/α-hetero) is 1. The molecule has 0 bridgehead atoms. The Bertz CT molecular complexity index is 647. The van der Waals surface area contributed by atoms with Gasteiger partial charge < -0.3 is 10.6 Å². The third kappa shape index (κ3) is 3.31. The van der Waals surface area contributed by atoms with Gasteiger partial charge in [-0.05, 0) is 42.7 Å². The lowest BCUT2D eigenvalue weighted by Crippen LogP contribution is -2.22. The van der Waals surface area contributed by atoms with Crippen LogP contribution in [0.2, 0.25) is 0 Å². The van der Waals surface area contributed by atoms with E-state index in [0.717, 1.165) is 25.1 Å². The van der Waals surface area contributed by atoms with Crippen LogP contribution < -0.4 is 10.6 Å². The highest BCUT2D eigenvalue weighted by Gasteiger charge is 2.13. The Morgan fingerprint density at radius 2 is 2.00 bits per heavy atom. The van der Waals surface area contributed by atoms with Gasteiger partial charge in [-0.2, -0.15) is 0 Å². The van der Waals surface area contributed by atoms with Gasteiger partial charge in [-0.15, -0.1) is 0 Å². The number of aryl methyl sites for hydroxylation is 1. The Kier molecular flexibility index (Phi) is 4.02. The lowest BCUT2D eigenvalue weighted by molar-refractivity contribution is 0.0990. The van der Waals surface area contributed by atoms with Crippen molar-refractivity contribution in [2.45, 2.75) is 19.9 Å². The van der Waals surface area contributed by atoms with E-state index in [1.165, 1.54) is 22.4 Å². The molecule has 0 aromatic heterocycles. The third-order valence-electron chi connectivity index (χ3n) is 3.87. The van der Waals surface area contributed by atoms with Gasteiger partial charge in [-0.25, -0.2) is 0 Å². The van der Waals surface area contributed by atoms with Crippen molar-refractivity contribution < 1.29 is 4.79 Å². The number of fused-ring (bicyclic) bond motifs is 1. The van der Waals surface area contributed by atoms with Crippen molar-refractivity contribution in [3.63, 3.8) is 0 Å². The number of ketones is 1. The lowest BCUT2D eigenvalue weighted by atomic mass is 10.1. The summed E-state index contributed by atoms with van der Waals surface area (Å²) in [4.78, 5) is 12.2. The molecule has 21 heavy (non-hydrogen) atoms. The van der Waals surface area contributed by atoms with E-state index in [1.54, 1.807) is 0 Å². The van der Waals surface area contributed by atoms with Gasteiger partial charge >= 0.3 is 0 Å². The largest absolute Gasteiger partial charge is 0.384 e. The molecule has 0 atom stereocenters. The van der Waals surface area contributed by atoms with Crippen molar-refractivity contribution in [1.82, 2.24) is 5.32 Å². The maximum atomic E-state index is 12.2. The van der Waals surface area contributed by atoms with E-state index in [2.05, 4.69) is 41.8 Å². The van der Waals surface area contributed by atoms with Gasteiger partial charge in [-0.1, -0.05) is 29.8 Å². The Hall–Kier alpha value is -2.13. The van der Waals surface area contributed by atoms with Gasteiger partial charge in [0.1, 0.15) is 0 Å². The molecule has 3 heteroatoms. The first kappa shape index (κ1) is 13.8. The first-order valence-corrected chi connectivity index (χ1v) is 7.38. The highest BCUT2D eigenvalue weighted by atomic mass is 16.1. The predicted octanol–water partition coefficient (Wildman–Crippen LogP) is 2.94. The van der Waals surface area contributed by atoms with Crippen LogP contribution in [-0.4, -0.2) is 18.9 Å². The zero-order valence-electron chi connectivity index (χ0n) is 12.3. The molecule has 1 heterocycles. The average molecular weight is 280 g/mol. The second-order valence-corrected chi connectivity index (χ2v) is 5.56. The van der Waals surface area contributed by atoms with Crippen LogP contribution in [0.3, 0.4) is 0 Å². The van der Waals surface area contributed by atoms with Crippen molar-refractivity contribution in [3.05, 3.63) is 64.7 Å². The Morgan fingerprint density at radius 1 is 1.19 bits per heavy atom. The molecule has 0 unspecified atom stereocenters. The Balaban J connectivity index is 1.55. The average Bonchev–Trinajstić information content (AvgIpc) is 2.96. The van der Waals surface area contributed by atoms with Crippen molar-refractivity contribution in [3.8, 4) is 0 Å². The monoisotopic (exact) mass is 280 g/mol. The maximum absolute atomic E-state index is 12.2. The van der Waals surface area contributed by atoms with Crippen molar-refractivity contribution in [2.24, 2.45) is 0 Å². The minimum Gasteiger partial charge on any atom is -0.384 e. The van der Waals surface area contributed by atoms with Gasteiger partial charge in [0.25, 0.3) is 0 Å². The summed E-state index contributed by atoms with van der Waals surface area (Å²) in [7, 11) is 0. The topological polar surface area (TPSA) is 41.1 Å². The third-order valence-corrected chi connectivity index (χ3v) is 3.87. The van der Waals surface area contributed by atoms with Crippen LogP contribution in [0, 0.1) is 6.92 Å². The molecule has 2 aromatic rings. The second kappa shape index (κ2) is 6.10. The van der Waals surface area contributed by atoms with Crippen LogP contribution in [0.25, 0.3) is 0 Å². The molecule has 0 spiro atoms. The molecule has 3 nitrogen and oxygen atoms in total. The molecule has 0 radical (unpaired) electrons. The number of carbonyl (C=O) groups is 1. The van der Waals surface area contributed by atoms with Crippen molar-refractivity contribution >= 4 is 11.5 Å². The molecule has 0 amide bonds. The van der Waals surface area contributed by atoms with Crippen LogP contribution in [0.5, 0.6) is 0 Å². The summed E-state index contributed by atoms with van der Waals surface area (Å²) in [5.74, 6) is 0.150.